The van der Waals surface area contributed by atoms with Crippen molar-refractivity contribution in [2.75, 3.05) is 25.4 Å². The molecule has 0 radical (unpaired) electrons. The Hall–Kier alpha value is -2.18. The molecule has 0 aliphatic carbocycles. The molecule has 0 spiro atoms. The molecule has 5 nitrogen and oxygen atoms in total. The maximum absolute atomic E-state index is 12.5. The van der Waals surface area contributed by atoms with Crippen LogP contribution in [0.4, 0.5) is 0 Å². The number of rotatable bonds is 9. The monoisotopic (exact) mass is 374 g/mol. The number of carbonyl (C=O) groups excluding carboxylic acids is 1. The molecule has 0 aliphatic rings. The van der Waals surface area contributed by atoms with Gasteiger partial charge in [0.25, 0.3) is 0 Å². The molecule has 0 atom stereocenters. The van der Waals surface area contributed by atoms with Gasteiger partial charge >= 0.3 is 0 Å². The minimum atomic E-state index is -3.47. The zero-order chi connectivity index (χ0) is 19.0. The summed E-state index contributed by atoms with van der Waals surface area (Å²) < 4.78 is 24.8. The number of nitrogens with zero attached hydrogens (tertiary/aromatic N) is 1. The number of sulfone groups is 1. The summed E-state index contributed by atoms with van der Waals surface area (Å²) in [4.78, 5) is 14.4. The molecule has 6 heteroatoms. The maximum atomic E-state index is 12.5. The Morgan fingerprint density at radius 1 is 1.00 bits per heavy atom. The van der Waals surface area contributed by atoms with E-state index in [2.05, 4.69) is 0 Å². The molecule has 2 rings (SSSR count). The van der Waals surface area contributed by atoms with Gasteiger partial charge in [-0.3, -0.25) is 4.79 Å². The Kier molecular flexibility index (Phi) is 7.36. The van der Waals surface area contributed by atoms with Gasteiger partial charge in [0.1, 0.15) is 0 Å². The van der Waals surface area contributed by atoms with Gasteiger partial charge in [0.2, 0.25) is 5.91 Å². The number of carbonyl (C=O) groups is 1. The van der Waals surface area contributed by atoms with Gasteiger partial charge in [-0.05, 0) is 31.0 Å². The first kappa shape index (κ1) is 20.1. The topological polar surface area (TPSA) is 80.5 Å². The third-order valence-electron chi connectivity index (χ3n) is 4.23. The van der Waals surface area contributed by atoms with Crippen molar-refractivity contribution < 1.29 is 13.2 Å². The molecule has 0 heterocycles. The van der Waals surface area contributed by atoms with Gasteiger partial charge in [0.15, 0.2) is 9.84 Å². The highest BCUT2D eigenvalue weighted by molar-refractivity contribution is 7.91. The first-order chi connectivity index (χ1) is 12.4. The van der Waals surface area contributed by atoms with Crippen molar-refractivity contribution in [1.29, 1.82) is 0 Å². The van der Waals surface area contributed by atoms with Gasteiger partial charge in [-0.2, -0.15) is 0 Å². The van der Waals surface area contributed by atoms with Crippen molar-refractivity contribution in [1.82, 2.24) is 4.90 Å². The quantitative estimate of drug-likeness (QED) is 0.730. The molecule has 2 N–H and O–H groups in total. The summed E-state index contributed by atoms with van der Waals surface area (Å²) >= 11 is 0. The van der Waals surface area contributed by atoms with Crippen LogP contribution in [0.2, 0.25) is 0 Å². The molecule has 2 aromatic rings. The van der Waals surface area contributed by atoms with Crippen LogP contribution in [0.5, 0.6) is 0 Å². The summed E-state index contributed by atoms with van der Waals surface area (Å²) in [5.41, 5.74) is 7.74. The molecule has 0 aliphatic heterocycles. The van der Waals surface area contributed by atoms with Gasteiger partial charge in [0.05, 0.1) is 10.6 Å². The summed E-state index contributed by atoms with van der Waals surface area (Å²) in [5.74, 6) is -0.372. The normalized spacial score (nSPS) is 11.3. The summed E-state index contributed by atoms with van der Waals surface area (Å²) in [5, 5.41) is 0. The fraction of sp³-hybridized carbons (Fsp3) is 0.350. The minimum Gasteiger partial charge on any atom is -0.341 e. The van der Waals surface area contributed by atoms with Gasteiger partial charge in [-0.15, -0.1) is 0 Å². The lowest BCUT2D eigenvalue weighted by Crippen LogP contribution is -2.37. The first-order valence-electron chi connectivity index (χ1n) is 8.73. The number of amides is 1. The first-order valence-corrected chi connectivity index (χ1v) is 10.4. The van der Waals surface area contributed by atoms with E-state index in [0.717, 1.165) is 17.5 Å². The van der Waals surface area contributed by atoms with Gasteiger partial charge < -0.3 is 10.6 Å². The lowest BCUT2D eigenvalue weighted by atomic mass is 10.1. The molecular weight excluding hydrogens is 348 g/mol. The van der Waals surface area contributed by atoms with Crippen molar-refractivity contribution in [3.63, 3.8) is 0 Å². The van der Waals surface area contributed by atoms with Crippen LogP contribution in [0.1, 0.15) is 17.5 Å². The molecule has 0 saturated carbocycles. The molecule has 26 heavy (non-hydrogen) atoms. The second-order valence-corrected chi connectivity index (χ2v) is 8.40. The maximum Gasteiger partial charge on any atom is 0.223 e. The third kappa shape index (κ3) is 5.97. The van der Waals surface area contributed by atoms with Crippen LogP contribution in [0.3, 0.4) is 0 Å². The van der Waals surface area contributed by atoms with E-state index in [-0.39, 0.29) is 23.0 Å². The van der Waals surface area contributed by atoms with E-state index >= 15 is 0 Å². The fourth-order valence-electron chi connectivity index (χ4n) is 2.67. The molecule has 0 saturated heterocycles. The van der Waals surface area contributed by atoms with Gasteiger partial charge in [-0.1, -0.05) is 48.0 Å². The van der Waals surface area contributed by atoms with E-state index in [1.807, 2.05) is 37.3 Å². The SMILES string of the molecule is Cc1ccc(S(=O)(=O)CCC(=O)N(CCN)CCc2ccccc2)cc1. The Morgan fingerprint density at radius 3 is 2.27 bits per heavy atom. The fourth-order valence-corrected chi connectivity index (χ4v) is 3.90. The number of hydrogen-bond donors (Lipinski definition) is 1. The van der Waals surface area contributed by atoms with Crippen molar-refractivity contribution in [3.8, 4) is 0 Å². The van der Waals surface area contributed by atoms with Crippen molar-refractivity contribution in [2.45, 2.75) is 24.7 Å². The highest BCUT2D eigenvalue weighted by atomic mass is 32.2. The van der Waals surface area contributed by atoms with Crippen LogP contribution in [0.15, 0.2) is 59.5 Å². The van der Waals surface area contributed by atoms with Crippen LogP contribution >= 0.6 is 0 Å². The van der Waals surface area contributed by atoms with Gasteiger partial charge in [0, 0.05) is 26.1 Å². The average molecular weight is 375 g/mol. The second kappa shape index (κ2) is 9.50. The molecule has 0 fully saturated rings. The van der Waals surface area contributed by atoms with Crippen molar-refractivity contribution in [3.05, 3.63) is 65.7 Å². The Morgan fingerprint density at radius 2 is 1.65 bits per heavy atom. The third-order valence-corrected chi connectivity index (χ3v) is 5.96. The largest absolute Gasteiger partial charge is 0.341 e. The second-order valence-electron chi connectivity index (χ2n) is 6.29. The zero-order valence-electron chi connectivity index (χ0n) is 15.1. The van der Waals surface area contributed by atoms with E-state index in [1.165, 1.54) is 0 Å². The zero-order valence-corrected chi connectivity index (χ0v) is 15.9. The molecule has 0 unspecified atom stereocenters. The molecular formula is C20H26N2O3S. The predicted octanol–water partition coefficient (Wildman–Crippen LogP) is 2.19. The smallest absolute Gasteiger partial charge is 0.223 e. The lowest BCUT2D eigenvalue weighted by molar-refractivity contribution is -0.130. The van der Waals surface area contributed by atoms with Crippen LogP contribution in [-0.2, 0) is 21.1 Å². The average Bonchev–Trinajstić information content (AvgIpc) is 2.64. The van der Waals surface area contributed by atoms with Crippen LogP contribution in [-0.4, -0.2) is 44.6 Å². The molecule has 2 aromatic carbocycles. The Balaban J connectivity index is 1.95. The standard InChI is InChI=1S/C20H26N2O3S/c1-17-7-9-19(10-8-17)26(24,25)16-12-20(23)22(15-13-21)14-11-18-5-3-2-4-6-18/h2-10H,11-16,21H2,1H3. The van der Waals surface area contributed by atoms with E-state index in [0.29, 0.717) is 19.6 Å². The molecule has 1 amide bonds. The Labute approximate surface area is 155 Å². The van der Waals surface area contributed by atoms with E-state index in [1.54, 1.807) is 29.2 Å². The number of hydrogen-bond acceptors (Lipinski definition) is 4. The lowest BCUT2D eigenvalue weighted by Gasteiger charge is -2.22. The summed E-state index contributed by atoms with van der Waals surface area (Å²) in [6.07, 6.45) is 0.683. The van der Waals surface area contributed by atoms with Crippen LogP contribution in [0.25, 0.3) is 0 Å². The number of aryl methyl sites for hydroxylation is 1. The summed E-state index contributed by atoms with van der Waals surface area (Å²) in [6.45, 7) is 3.21. The van der Waals surface area contributed by atoms with Crippen molar-refractivity contribution in [2.24, 2.45) is 5.73 Å². The highest BCUT2D eigenvalue weighted by Crippen LogP contribution is 2.14. The Bertz CT molecular complexity index is 803. The molecule has 0 aromatic heterocycles. The van der Waals surface area contributed by atoms with E-state index in [4.69, 9.17) is 5.73 Å². The molecule has 140 valence electrons. The van der Waals surface area contributed by atoms with E-state index in [9.17, 15) is 13.2 Å². The van der Waals surface area contributed by atoms with Gasteiger partial charge in [-0.25, -0.2) is 8.42 Å². The summed E-state index contributed by atoms with van der Waals surface area (Å²) in [7, 11) is -3.47. The summed E-state index contributed by atoms with van der Waals surface area (Å²) in [6, 6.07) is 16.6. The van der Waals surface area contributed by atoms with Crippen molar-refractivity contribution >= 4 is 15.7 Å². The highest BCUT2D eigenvalue weighted by Gasteiger charge is 2.19. The van der Waals surface area contributed by atoms with E-state index < -0.39 is 9.84 Å². The van der Waals surface area contributed by atoms with Crippen LogP contribution < -0.4 is 5.73 Å². The predicted molar refractivity (Wildman–Crippen MR) is 104 cm³/mol. The number of nitrogens with two attached hydrogens (primary N) is 1. The minimum absolute atomic E-state index is 0.0367. The number of benzene rings is 2. The van der Waals surface area contributed by atoms with Crippen LogP contribution in [0, 0.1) is 6.92 Å². The molecule has 0 bridgehead atoms.